The number of aliphatic carboxylic acids is 1. The van der Waals surface area contributed by atoms with Crippen LogP contribution in [0.5, 0.6) is 0 Å². The highest BCUT2D eigenvalue weighted by atomic mass is 19.1. The summed E-state index contributed by atoms with van der Waals surface area (Å²) >= 11 is 0. The Morgan fingerprint density at radius 3 is 2.47 bits per heavy atom. The average molecular weight is 241 g/mol. The molecule has 0 saturated heterocycles. The zero-order valence-corrected chi connectivity index (χ0v) is 9.77. The standard InChI is InChI=1S/C12H16FNO3/c1-8(9-3-5-10(13)6-4-9)14-7-12(2,17)11(15)16/h3-6,8,14,17H,7H2,1-2H3,(H,15,16)/t8-,12?/m0/s1. The Morgan fingerprint density at radius 2 is 2.00 bits per heavy atom. The van der Waals surface area contributed by atoms with Crippen LogP contribution >= 0.6 is 0 Å². The first-order chi connectivity index (χ1) is 7.83. The molecular weight excluding hydrogens is 225 g/mol. The van der Waals surface area contributed by atoms with Crippen LogP contribution in [0.1, 0.15) is 25.5 Å². The van der Waals surface area contributed by atoms with E-state index in [0.717, 1.165) is 5.56 Å². The van der Waals surface area contributed by atoms with Gasteiger partial charge in [-0.15, -0.1) is 0 Å². The predicted octanol–water partition coefficient (Wildman–Crippen LogP) is 1.31. The SMILES string of the molecule is C[C@H](NCC(C)(O)C(=O)O)c1ccc(F)cc1. The molecule has 94 valence electrons. The fourth-order valence-corrected chi connectivity index (χ4v) is 1.30. The van der Waals surface area contributed by atoms with Gasteiger partial charge in [-0.05, 0) is 31.5 Å². The maximum atomic E-state index is 12.7. The maximum absolute atomic E-state index is 12.7. The lowest BCUT2D eigenvalue weighted by molar-refractivity contribution is -0.156. The van der Waals surface area contributed by atoms with Crippen molar-refractivity contribution in [3.05, 3.63) is 35.6 Å². The minimum atomic E-state index is -1.81. The quantitative estimate of drug-likeness (QED) is 0.727. The summed E-state index contributed by atoms with van der Waals surface area (Å²) in [7, 11) is 0. The molecular formula is C12H16FNO3. The fraction of sp³-hybridized carbons (Fsp3) is 0.417. The maximum Gasteiger partial charge on any atom is 0.336 e. The van der Waals surface area contributed by atoms with Crippen molar-refractivity contribution < 1.29 is 19.4 Å². The molecule has 0 aromatic heterocycles. The lowest BCUT2D eigenvalue weighted by Crippen LogP contribution is -2.45. The second-order valence-electron chi connectivity index (χ2n) is 4.23. The number of aliphatic hydroxyl groups is 1. The third kappa shape index (κ3) is 3.80. The van der Waals surface area contributed by atoms with Crippen molar-refractivity contribution in [2.24, 2.45) is 0 Å². The lowest BCUT2D eigenvalue weighted by atomic mass is 10.0. The summed E-state index contributed by atoms with van der Waals surface area (Å²) in [5, 5.41) is 21.1. The van der Waals surface area contributed by atoms with Gasteiger partial charge in [-0.3, -0.25) is 0 Å². The first-order valence-electron chi connectivity index (χ1n) is 5.27. The number of carbonyl (C=O) groups is 1. The van der Waals surface area contributed by atoms with Gasteiger partial charge < -0.3 is 15.5 Å². The Hall–Kier alpha value is -1.46. The van der Waals surface area contributed by atoms with Gasteiger partial charge in [-0.1, -0.05) is 12.1 Å². The first-order valence-corrected chi connectivity index (χ1v) is 5.27. The van der Waals surface area contributed by atoms with Crippen LogP contribution in [0.25, 0.3) is 0 Å². The van der Waals surface area contributed by atoms with Gasteiger partial charge in [0.05, 0.1) is 0 Å². The van der Waals surface area contributed by atoms with Gasteiger partial charge >= 0.3 is 5.97 Å². The molecule has 0 saturated carbocycles. The summed E-state index contributed by atoms with van der Waals surface area (Å²) in [5.41, 5.74) is -0.985. The van der Waals surface area contributed by atoms with Crippen molar-refractivity contribution in [1.82, 2.24) is 5.32 Å². The van der Waals surface area contributed by atoms with Crippen molar-refractivity contribution in [2.75, 3.05) is 6.54 Å². The van der Waals surface area contributed by atoms with Crippen molar-refractivity contribution in [2.45, 2.75) is 25.5 Å². The molecule has 2 atom stereocenters. The van der Waals surface area contributed by atoms with Crippen LogP contribution in [0.4, 0.5) is 4.39 Å². The molecule has 1 aromatic carbocycles. The molecule has 4 nitrogen and oxygen atoms in total. The topological polar surface area (TPSA) is 69.6 Å². The minimum Gasteiger partial charge on any atom is -0.479 e. The Labute approximate surface area is 99.1 Å². The van der Waals surface area contributed by atoms with Crippen LogP contribution in [0.3, 0.4) is 0 Å². The van der Waals surface area contributed by atoms with Gasteiger partial charge in [0, 0.05) is 12.6 Å². The highest BCUT2D eigenvalue weighted by molar-refractivity contribution is 5.76. The molecule has 0 heterocycles. The summed E-state index contributed by atoms with van der Waals surface area (Å²) in [4.78, 5) is 10.7. The molecule has 0 spiro atoms. The molecule has 1 aromatic rings. The highest BCUT2D eigenvalue weighted by Gasteiger charge is 2.29. The van der Waals surface area contributed by atoms with Crippen LogP contribution in [0, 0.1) is 5.82 Å². The van der Waals surface area contributed by atoms with E-state index in [1.54, 1.807) is 12.1 Å². The molecule has 3 N–H and O–H groups in total. The van der Waals surface area contributed by atoms with E-state index in [1.807, 2.05) is 6.92 Å². The number of rotatable bonds is 5. The number of hydrogen-bond donors (Lipinski definition) is 3. The first kappa shape index (κ1) is 13.6. The molecule has 0 aliphatic carbocycles. The molecule has 0 bridgehead atoms. The van der Waals surface area contributed by atoms with Crippen LogP contribution in [-0.4, -0.2) is 28.3 Å². The third-order valence-corrected chi connectivity index (χ3v) is 2.58. The number of nitrogens with one attached hydrogen (secondary N) is 1. The predicted molar refractivity (Wildman–Crippen MR) is 61.1 cm³/mol. The van der Waals surface area contributed by atoms with Crippen molar-refractivity contribution in [3.63, 3.8) is 0 Å². The Kier molecular flexibility index (Phi) is 4.20. The lowest BCUT2D eigenvalue weighted by Gasteiger charge is -2.22. The zero-order valence-electron chi connectivity index (χ0n) is 9.77. The van der Waals surface area contributed by atoms with Gasteiger partial charge in [0.25, 0.3) is 0 Å². The Morgan fingerprint density at radius 1 is 1.47 bits per heavy atom. The number of halogens is 1. The van der Waals surface area contributed by atoms with E-state index >= 15 is 0 Å². The Balaban J connectivity index is 2.58. The highest BCUT2D eigenvalue weighted by Crippen LogP contribution is 2.13. The monoisotopic (exact) mass is 241 g/mol. The van der Waals surface area contributed by atoms with Crippen molar-refractivity contribution in [3.8, 4) is 0 Å². The van der Waals surface area contributed by atoms with Gasteiger partial charge in [-0.25, -0.2) is 9.18 Å². The van der Waals surface area contributed by atoms with E-state index in [9.17, 15) is 14.3 Å². The van der Waals surface area contributed by atoms with Crippen LogP contribution in [0.2, 0.25) is 0 Å². The number of carboxylic acids is 1. The number of benzene rings is 1. The fourth-order valence-electron chi connectivity index (χ4n) is 1.30. The van der Waals surface area contributed by atoms with Crippen LogP contribution in [-0.2, 0) is 4.79 Å². The summed E-state index contributed by atoms with van der Waals surface area (Å²) in [6, 6.07) is 5.73. The Bertz CT molecular complexity index is 389. The van der Waals surface area contributed by atoms with E-state index < -0.39 is 11.6 Å². The third-order valence-electron chi connectivity index (χ3n) is 2.58. The van der Waals surface area contributed by atoms with Gasteiger partial charge in [0.2, 0.25) is 0 Å². The number of hydrogen-bond acceptors (Lipinski definition) is 3. The molecule has 0 aliphatic heterocycles. The molecule has 5 heteroatoms. The molecule has 17 heavy (non-hydrogen) atoms. The second-order valence-corrected chi connectivity index (χ2v) is 4.23. The molecule has 1 unspecified atom stereocenters. The van der Waals surface area contributed by atoms with Crippen molar-refractivity contribution in [1.29, 1.82) is 0 Å². The average Bonchev–Trinajstić information content (AvgIpc) is 2.27. The van der Waals surface area contributed by atoms with Crippen molar-refractivity contribution >= 4 is 5.97 Å². The van der Waals surface area contributed by atoms with E-state index in [4.69, 9.17) is 5.11 Å². The normalized spacial score (nSPS) is 16.2. The van der Waals surface area contributed by atoms with Crippen LogP contribution < -0.4 is 5.32 Å². The molecule has 0 radical (unpaired) electrons. The van der Waals surface area contributed by atoms with E-state index in [0.29, 0.717) is 0 Å². The smallest absolute Gasteiger partial charge is 0.336 e. The van der Waals surface area contributed by atoms with Gasteiger partial charge in [-0.2, -0.15) is 0 Å². The number of carboxylic acid groups (broad SMARTS) is 1. The largest absolute Gasteiger partial charge is 0.479 e. The van der Waals surface area contributed by atoms with E-state index in [2.05, 4.69) is 5.32 Å². The minimum absolute atomic E-state index is 0.0825. The second kappa shape index (κ2) is 5.25. The summed E-state index contributed by atoms with van der Waals surface area (Å²) in [6.07, 6.45) is 0. The van der Waals surface area contributed by atoms with Crippen LogP contribution in [0.15, 0.2) is 24.3 Å². The zero-order chi connectivity index (χ0) is 13.1. The van der Waals surface area contributed by atoms with Gasteiger partial charge in [0.1, 0.15) is 5.82 Å². The summed E-state index contributed by atoms with van der Waals surface area (Å²) < 4.78 is 12.7. The molecule has 0 amide bonds. The summed E-state index contributed by atoms with van der Waals surface area (Å²) in [5.74, 6) is -1.60. The molecule has 1 rings (SSSR count). The summed E-state index contributed by atoms with van der Waals surface area (Å²) in [6.45, 7) is 2.95. The molecule has 0 fully saturated rings. The van der Waals surface area contributed by atoms with E-state index in [1.165, 1.54) is 19.1 Å². The van der Waals surface area contributed by atoms with E-state index in [-0.39, 0.29) is 18.4 Å². The molecule has 0 aliphatic rings. The van der Waals surface area contributed by atoms with Gasteiger partial charge in [0.15, 0.2) is 5.60 Å².